The molecule has 5 N–H and O–H groups in total. The number of hydrogen-bond donors (Lipinski definition) is 5. The summed E-state index contributed by atoms with van der Waals surface area (Å²) in [7, 11) is 0. The van der Waals surface area contributed by atoms with Crippen molar-refractivity contribution in [1.82, 2.24) is 5.64 Å². The number of aromatic carboxylic acids is 1. The molecule has 1 aromatic carbocycles. The molecule has 0 aliphatic heterocycles. The smallest absolute Gasteiger partial charge is 0.335 e. The van der Waals surface area contributed by atoms with Crippen LogP contribution in [0.25, 0.3) is 0 Å². The number of benzene rings is 1. The lowest BCUT2D eigenvalue weighted by atomic mass is 10.2. The molecule has 0 fully saturated rings. The van der Waals surface area contributed by atoms with E-state index in [1.54, 1.807) is 0 Å². The van der Waals surface area contributed by atoms with Crippen molar-refractivity contribution in [2.45, 2.75) is 0 Å². The van der Waals surface area contributed by atoms with E-state index >= 15 is 0 Å². The largest absolute Gasteiger partial charge is 0.508 e. The zero-order chi connectivity index (χ0) is 14.5. The number of hydrogen-bond acceptors (Lipinski definition) is 7. The lowest BCUT2D eigenvalue weighted by molar-refractivity contribution is -0.178. The monoisotopic (exact) mass is 275 g/mol. The number of carboxylic acid groups (broad SMARTS) is 1. The summed E-state index contributed by atoms with van der Waals surface area (Å²) in [5, 5.41) is 33.4. The highest BCUT2D eigenvalue weighted by Gasteiger charge is 1.99. The van der Waals surface area contributed by atoms with E-state index in [1.165, 1.54) is 24.3 Å². The van der Waals surface area contributed by atoms with Crippen LogP contribution in [0.15, 0.2) is 24.3 Å². The van der Waals surface area contributed by atoms with E-state index in [1.807, 2.05) is 0 Å². The van der Waals surface area contributed by atoms with E-state index < -0.39 is 5.97 Å². The van der Waals surface area contributed by atoms with Crippen molar-refractivity contribution in [2.75, 3.05) is 26.4 Å². The van der Waals surface area contributed by atoms with E-state index in [4.69, 9.17) is 20.4 Å². The van der Waals surface area contributed by atoms with Crippen molar-refractivity contribution in [3.63, 3.8) is 0 Å². The molecule has 1 rings (SSSR count). The Hall–Kier alpha value is -1.71. The molecular formula is C11H17NO7. The summed E-state index contributed by atoms with van der Waals surface area (Å²) in [5.41, 5.74) is 2.25. The van der Waals surface area contributed by atoms with Gasteiger partial charge in [0.15, 0.2) is 0 Å². The normalized spacial score (nSPS) is 9.58. The lowest BCUT2D eigenvalue weighted by Gasteiger charge is -2.01. The molecule has 1 aromatic rings. The van der Waals surface area contributed by atoms with Gasteiger partial charge >= 0.3 is 5.97 Å². The maximum Gasteiger partial charge on any atom is 0.335 e. The predicted molar refractivity (Wildman–Crippen MR) is 64.3 cm³/mol. The molecule has 8 nitrogen and oxygen atoms in total. The number of phenols is 1. The molecule has 0 heterocycles. The number of aromatic hydroxyl groups is 1. The number of rotatable bonds is 7. The van der Waals surface area contributed by atoms with Crippen molar-refractivity contribution >= 4 is 5.97 Å². The first kappa shape index (κ1) is 17.3. The molecule has 0 saturated carbocycles. The second kappa shape index (κ2) is 11.4. The summed E-state index contributed by atoms with van der Waals surface area (Å²) in [6.45, 7) is 0.224. The molecule has 0 spiro atoms. The SMILES string of the molecule is O=C(O)c1ccc(O)cc1.OCCONOCCO. The van der Waals surface area contributed by atoms with Crippen LogP contribution in [0.4, 0.5) is 0 Å². The second-order valence-corrected chi connectivity index (χ2v) is 3.08. The van der Waals surface area contributed by atoms with Crippen LogP contribution in [0.2, 0.25) is 0 Å². The zero-order valence-electron chi connectivity index (χ0n) is 10.2. The molecule has 0 aromatic heterocycles. The van der Waals surface area contributed by atoms with Gasteiger partial charge < -0.3 is 20.4 Å². The number of carbonyl (C=O) groups is 1. The second-order valence-electron chi connectivity index (χ2n) is 3.08. The molecule has 0 saturated heterocycles. The fraction of sp³-hybridized carbons (Fsp3) is 0.364. The summed E-state index contributed by atoms with van der Waals surface area (Å²) in [5.74, 6) is -0.912. The molecule has 0 aliphatic rings. The number of phenolic OH excluding ortho intramolecular Hbond substituents is 1. The quantitative estimate of drug-likeness (QED) is 0.333. The first-order valence-corrected chi connectivity index (χ1v) is 5.34. The van der Waals surface area contributed by atoms with Gasteiger partial charge in [-0.1, -0.05) is 5.64 Å². The number of carboxylic acids is 1. The van der Waals surface area contributed by atoms with Gasteiger partial charge in [0.05, 0.1) is 32.0 Å². The van der Waals surface area contributed by atoms with E-state index in [2.05, 4.69) is 15.3 Å². The Morgan fingerprint density at radius 1 is 1.05 bits per heavy atom. The van der Waals surface area contributed by atoms with Gasteiger partial charge in [-0.2, -0.15) is 0 Å². The number of nitrogens with one attached hydrogen (secondary N) is 1. The van der Waals surface area contributed by atoms with Crippen molar-refractivity contribution in [2.24, 2.45) is 0 Å². The van der Waals surface area contributed by atoms with Crippen LogP contribution in [-0.4, -0.2) is 52.8 Å². The minimum absolute atomic E-state index is 0.0600. The van der Waals surface area contributed by atoms with E-state index in [0.29, 0.717) is 0 Å². The van der Waals surface area contributed by atoms with Crippen molar-refractivity contribution in [3.05, 3.63) is 29.8 Å². The predicted octanol–water partition coefficient (Wildman–Crippen LogP) is -0.486. The molecule has 19 heavy (non-hydrogen) atoms. The van der Waals surface area contributed by atoms with Crippen molar-refractivity contribution < 1.29 is 34.9 Å². The highest BCUT2D eigenvalue weighted by atomic mass is 16.9. The Morgan fingerprint density at radius 3 is 1.89 bits per heavy atom. The van der Waals surface area contributed by atoms with E-state index in [-0.39, 0.29) is 37.7 Å². The van der Waals surface area contributed by atoms with Gasteiger partial charge in [0.1, 0.15) is 5.75 Å². The van der Waals surface area contributed by atoms with Gasteiger partial charge in [0.2, 0.25) is 0 Å². The van der Waals surface area contributed by atoms with Crippen LogP contribution in [0.5, 0.6) is 5.75 Å². The minimum Gasteiger partial charge on any atom is -0.508 e. The third-order valence-electron chi connectivity index (χ3n) is 1.62. The van der Waals surface area contributed by atoms with Crippen LogP contribution in [-0.2, 0) is 9.68 Å². The summed E-state index contributed by atoms with van der Waals surface area (Å²) >= 11 is 0. The topological polar surface area (TPSA) is 128 Å². The molecule has 0 amide bonds. The summed E-state index contributed by atoms with van der Waals surface area (Å²) < 4.78 is 0. The summed E-state index contributed by atoms with van der Waals surface area (Å²) in [6.07, 6.45) is 0. The standard InChI is InChI=1S/C7H6O3.C4H11NO4/c8-6-3-1-5(2-4-6)7(9)10;6-1-3-8-5-9-4-2-7/h1-4,8H,(H,9,10);5-7H,1-4H2. The molecule has 0 radical (unpaired) electrons. The maximum atomic E-state index is 10.2. The van der Waals surface area contributed by atoms with Gasteiger partial charge in [-0.3, -0.25) is 9.68 Å². The zero-order valence-corrected chi connectivity index (χ0v) is 10.2. The fourth-order valence-corrected chi connectivity index (χ4v) is 0.820. The van der Waals surface area contributed by atoms with Crippen LogP contribution in [0.3, 0.4) is 0 Å². The Balaban J connectivity index is 0.000000344. The van der Waals surface area contributed by atoms with E-state index in [0.717, 1.165) is 0 Å². The highest BCUT2D eigenvalue weighted by Crippen LogP contribution is 2.08. The van der Waals surface area contributed by atoms with Crippen LogP contribution in [0.1, 0.15) is 10.4 Å². The van der Waals surface area contributed by atoms with Crippen molar-refractivity contribution in [1.29, 1.82) is 0 Å². The average Bonchev–Trinajstić information content (AvgIpc) is 2.40. The molecule has 0 aliphatic carbocycles. The van der Waals surface area contributed by atoms with Gasteiger partial charge in [-0.05, 0) is 24.3 Å². The highest BCUT2D eigenvalue weighted by molar-refractivity contribution is 5.87. The van der Waals surface area contributed by atoms with Crippen LogP contribution in [0, 0.1) is 0 Å². The molecular weight excluding hydrogens is 258 g/mol. The fourth-order valence-electron chi connectivity index (χ4n) is 0.820. The number of aliphatic hydroxyl groups is 2. The van der Waals surface area contributed by atoms with Crippen molar-refractivity contribution in [3.8, 4) is 5.75 Å². The first-order valence-electron chi connectivity index (χ1n) is 5.34. The van der Waals surface area contributed by atoms with Gasteiger partial charge in [0.25, 0.3) is 0 Å². The third-order valence-corrected chi connectivity index (χ3v) is 1.62. The Labute approximate surface area is 109 Å². The first-order chi connectivity index (χ1) is 9.11. The molecule has 0 atom stereocenters. The Kier molecular flexibility index (Phi) is 10.4. The minimum atomic E-state index is -0.986. The molecule has 8 heteroatoms. The summed E-state index contributed by atoms with van der Waals surface area (Å²) in [4.78, 5) is 19.1. The Bertz CT molecular complexity index is 335. The third kappa shape index (κ3) is 9.94. The lowest BCUT2D eigenvalue weighted by Crippen LogP contribution is -2.19. The van der Waals surface area contributed by atoms with Gasteiger partial charge in [-0.25, -0.2) is 4.79 Å². The Morgan fingerprint density at radius 2 is 1.53 bits per heavy atom. The van der Waals surface area contributed by atoms with Crippen LogP contribution < -0.4 is 5.64 Å². The van der Waals surface area contributed by atoms with Gasteiger partial charge in [0, 0.05) is 0 Å². The number of aliphatic hydroxyl groups excluding tert-OH is 2. The average molecular weight is 275 g/mol. The van der Waals surface area contributed by atoms with Crippen LogP contribution >= 0.6 is 0 Å². The van der Waals surface area contributed by atoms with E-state index in [9.17, 15) is 4.79 Å². The molecule has 108 valence electrons. The molecule has 0 unspecified atom stereocenters. The maximum absolute atomic E-state index is 10.2. The molecule has 0 bridgehead atoms. The summed E-state index contributed by atoms with van der Waals surface area (Å²) in [6, 6.07) is 5.36. The van der Waals surface area contributed by atoms with Gasteiger partial charge in [-0.15, -0.1) is 0 Å².